The molecule has 0 fully saturated rings. The monoisotopic (exact) mass is 427 g/mol. The topological polar surface area (TPSA) is 38.2 Å². The lowest BCUT2D eigenvalue weighted by Crippen LogP contribution is -2.31. The van der Waals surface area contributed by atoms with Crippen LogP contribution in [0.5, 0.6) is 5.75 Å². The van der Waals surface area contributed by atoms with Crippen molar-refractivity contribution in [2.24, 2.45) is 0 Å². The Morgan fingerprint density at radius 3 is 2.45 bits per heavy atom. The zero-order valence-electron chi connectivity index (χ0n) is 17.0. The lowest BCUT2D eigenvalue weighted by molar-refractivity contribution is 0.306. The molecule has 31 heavy (non-hydrogen) atoms. The van der Waals surface area contributed by atoms with E-state index in [9.17, 15) is 0 Å². The second kappa shape index (κ2) is 8.78. The minimum atomic E-state index is 0.505. The highest BCUT2D eigenvalue weighted by atomic mass is 35.5. The van der Waals surface area contributed by atoms with Gasteiger partial charge in [-0.15, -0.1) is 0 Å². The molecule has 5 rings (SSSR count). The fourth-order valence-electron chi connectivity index (χ4n) is 3.80. The van der Waals surface area contributed by atoms with E-state index < -0.39 is 0 Å². The van der Waals surface area contributed by atoms with Crippen molar-refractivity contribution in [2.75, 3.05) is 11.4 Å². The van der Waals surface area contributed by atoms with Gasteiger partial charge in [-0.05, 0) is 65.6 Å². The van der Waals surface area contributed by atoms with Crippen molar-refractivity contribution in [3.63, 3.8) is 0 Å². The molecule has 0 bridgehead atoms. The zero-order chi connectivity index (χ0) is 21.0. The third-order valence-electron chi connectivity index (χ3n) is 5.53. The summed E-state index contributed by atoms with van der Waals surface area (Å²) in [6.45, 7) is 2.28. The molecule has 154 valence electrons. The number of hydrogen-bond donors (Lipinski definition) is 0. The first-order valence-electron chi connectivity index (χ1n) is 10.4. The molecule has 1 aliphatic rings. The van der Waals surface area contributed by atoms with Gasteiger partial charge in [0, 0.05) is 29.9 Å². The molecule has 1 aliphatic heterocycles. The van der Waals surface area contributed by atoms with Gasteiger partial charge in [-0.25, -0.2) is 9.97 Å². The summed E-state index contributed by atoms with van der Waals surface area (Å²) in [6, 6.07) is 26.3. The molecule has 0 atom stereocenters. The van der Waals surface area contributed by atoms with E-state index in [2.05, 4.69) is 34.1 Å². The van der Waals surface area contributed by atoms with Gasteiger partial charge in [0.1, 0.15) is 12.4 Å². The standard InChI is InChI=1S/C26H22ClN3O/c27-23-9-5-19(6-10-23)18-31-24-11-7-21(8-12-24)25-13-15-28-26(29-25)30-16-14-20-3-1-2-4-22(20)17-30/h1-13,15H,14,16-18H2. The number of halogens is 1. The molecular formula is C26H22ClN3O. The summed E-state index contributed by atoms with van der Waals surface area (Å²) in [5, 5.41) is 0.728. The SMILES string of the molecule is Clc1ccc(COc2ccc(-c3ccnc(N4CCc5ccccc5C4)n3)cc2)cc1. The zero-order valence-corrected chi connectivity index (χ0v) is 17.8. The van der Waals surface area contributed by atoms with Gasteiger partial charge in [0.25, 0.3) is 0 Å². The third-order valence-corrected chi connectivity index (χ3v) is 5.78. The van der Waals surface area contributed by atoms with Gasteiger partial charge in [-0.1, -0.05) is 48.0 Å². The average molecular weight is 428 g/mol. The summed E-state index contributed by atoms with van der Waals surface area (Å²) in [5.74, 6) is 1.59. The van der Waals surface area contributed by atoms with E-state index in [1.807, 2.05) is 60.8 Å². The summed E-state index contributed by atoms with van der Waals surface area (Å²) in [5.41, 5.74) is 5.80. The van der Waals surface area contributed by atoms with Gasteiger partial charge < -0.3 is 9.64 Å². The number of fused-ring (bicyclic) bond motifs is 1. The van der Waals surface area contributed by atoms with Crippen molar-refractivity contribution < 1.29 is 4.74 Å². The van der Waals surface area contributed by atoms with Gasteiger partial charge in [-0.3, -0.25) is 0 Å². The maximum atomic E-state index is 5.93. The first-order chi connectivity index (χ1) is 15.2. The van der Waals surface area contributed by atoms with E-state index in [1.165, 1.54) is 11.1 Å². The number of benzene rings is 3. The van der Waals surface area contributed by atoms with E-state index >= 15 is 0 Å². The molecule has 2 heterocycles. The molecule has 4 nitrogen and oxygen atoms in total. The molecule has 0 amide bonds. The van der Waals surface area contributed by atoms with Crippen molar-refractivity contribution in [1.82, 2.24) is 9.97 Å². The largest absolute Gasteiger partial charge is 0.489 e. The van der Waals surface area contributed by atoms with Crippen LogP contribution in [0.1, 0.15) is 16.7 Å². The predicted molar refractivity (Wildman–Crippen MR) is 124 cm³/mol. The number of ether oxygens (including phenoxy) is 1. The molecule has 5 heteroatoms. The van der Waals surface area contributed by atoms with Crippen molar-refractivity contribution in [3.8, 4) is 17.0 Å². The Hall–Kier alpha value is -3.37. The summed E-state index contributed by atoms with van der Waals surface area (Å²) in [4.78, 5) is 11.6. The highest BCUT2D eigenvalue weighted by Gasteiger charge is 2.18. The first-order valence-corrected chi connectivity index (χ1v) is 10.7. The fraction of sp³-hybridized carbons (Fsp3) is 0.154. The minimum absolute atomic E-state index is 0.505. The van der Waals surface area contributed by atoms with Crippen molar-refractivity contribution >= 4 is 17.5 Å². The summed E-state index contributed by atoms with van der Waals surface area (Å²) >= 11 is 5.93. The Morgan fingerprint density at radius 2 is 1.65 bits per heavy atom. The molecule has 0 saturated heterocycles. The van der Waals surface area contributed by atoms with Crippen LogP contribution < -0.4 is 9.64 Å². The second-order valence-corrected chi connectivity index (χ2v) is 8.06. The third kappa shape index (κ3) is 4.54. The maximum absolute atomic E-state index is 5.93. The van der Waals surface area contributed by atoms with E-state index in [-0.39, 0.29) is 0 Å². The predicted octanol–water partition coefficient (Wildman–Crippen LogP) is 5.94. The van der Waals surface area contributed by atoms with Crippen LogP contribution in [0.4, 0.5) is 5.95 Å². The van der Waals surface area contributed by atoms with Crippen LogP contribution in [0, 0.1) is 0 Å². The Kier molecular flexibility index (Phi) is 5.55. The lowest BCUT2D eigenvalue weighted by Gasteiger charge is -2.28. The first kappa shape index (κ1) is 19.6. The Labute approximate surface area is 187 Å². The summed E-state index contributed by atoms with van der Waals surface area (Å²) < 4.78 is 5.89. The van der Waals surface area contributed by atoms with Crippen LogP contribution in [0.25, 0.3) is 11.3 Å². The van der Waals surface area contributed by atoms with E-state index in [0.29, 0.717) is 6.61 Å². The highest BCUT2D eigenvalue weighted by molar-refractivity contribution is 6.30. The number of aromatic nitrogens is 2. The summed E-state index contributed by atoms with van der Waals surface area (Å²) in [7, 11) is 0. The van der Waals surface area contributed by atoms with Gasteiger partial charge >= 0.3 is 0 Å². The fourth-order valence-corrected chi connectivity index (χ4v) is 3.92. The highest BCUT2D eigenvalue weighted by Crippen LogP contribution is 2.25. The molecule has 0 radical (unpaired) electrons. The minimum Gasteiger partial charge on any atom is -0.489 e. The number of rotatable bonds is 5. The Bertz CT molecular complexity index is 1180. The van der Waals surface area contributed by atoms with E-state index in [1.54, 1.807) is 0 Å². The van der Waals surface area contributed by atoms with Crippen molar-refractivity contribution in [2.45, 2.75) is 19.6 Å². The van der Waals surface area contributed by atoms with E-state index in [0.717, 1.165) is 53.1 Å². The summed E-state index contributed by atoms with van der Waals surface area (Å²) in [6.07, 6.45) is 2.85. The molecule has 0 unspecified atom stereocenters. The maximum Gasteiger partial charge on any atom is 0.226 e. The van der Waals surface area contributed by atoms with Crippen molar-refractivity contribution in [1.29, 1.82) is 0 Å². The van der Waals surface area contributed by atoms with Crippen LogP contribution in [0.2, 0.25) is 5.02 Å². The van der Waals surface area contributed by atoms with Crippen LogP contribution in [-0.4, -0.2) is 16.5 Å². The van der Waals surface area contributed by atoms with E-state index in [4.69, 9.17) is 21.3 Å². The van der Waals surface area contributed by atoms with Gasteiger partial charge in [-0.2, -0.15) is 0 Å². The molecular weight excluding hydrogens is 406 g/mol. The smallest absolute Gasteiger partial charge is 0.226 e. The molecule has 1 aromatic heterocycles. The van der Waals surface area contributed by atoms with Crippen LogP contribution in [0.3, 0.4) is 0 Å². The molecule has 0 saturated carbocycles. The quantitative estimate of drug-likeness (QED) is 0.395. The average Bonchev–Trinajstić information content (AvgIpc) is 2.84. The van der Waals surface area contributed by atoms with Crippen molar-refractivity contribution in [3.05, 3.63) is 107 Å². The Balaban J connectivity index is 1.28. The molecule has 0 spiro atoms. The molecule has 3 aromatic carbocycles. The van der Waals surface area contributed by atoms with Gasteiger partial charge in [0.2, 0.25) is 5.95 Å². The van der Waals surface area contributed by atoms with Crippen LogP contribution >= 0.6 is 11.6 Å². The Morgan fingerprint density at radius 1 is 0.871 bits per heavy atom. The van der Waals surface area contributed by atoms with Crippen LogP contribution in [0.15, 0.2) is 85.1 Å². The normalized spacial score (nSPS) is 13.0. The number of hydrogen-bond acceptors (Lipinski definition) is 4. The number of nitrogens with zero attached hydrogens (tertiary/aromatic N) is 3. The lowest BCUT2D eigenvalue weighted by atomic mass is 10.0. The molecule has 0 N–H and O–H groups in total. The van der Waals surface area contributed by atoms with Crippen LogP contribution in [-0.2, 0) is 19.6 Å². The molecule has 0 aliphatic carbocycles. The molecule has 4 aromatic rings. The van der Waals surface area contributed by atoms with Gasteiger partial charge in [0.05, 0.1) is 5.69 Å². The van der Waals surface area contributed by atoms with Gasteiger partial charge in [0.15, 0.2) is 0 Å². The number of anilines is 1. The second-order valence-electron chi connectivity index (χ2n) is 7.62.